The summed E-state index contributed by atoms with van der Waals surface area (Å²) in [6.07, 6.45) is 3.44. The molecule has 2 aromatic heterocycles. The van der Waals surface area contributed by atoms with Gasteiger partial charge in [-0.25, -0.2) is 0 Å². The van der Waals surface area contributed by atoms with Crippen LogP contribution in [0.3, 0.4) is 0 Å². The number of pyridine rings is 1. The summed E-state index contributed by atoms with van der Waals surface area (Å²) in [5.41, 5.74) is 3.45. The van der Waals surface area contributed by atoms with Gasteiger partial charge in [-0.2, -0.15) is 0 Å². The number of aryl methyl sites for hydroxylation is 2. The van der Waals surface area contributed by atoms with Crippen molar-refractivity contribution in [2.24, 2.45) is 0 Å². The Morgan fingerprint density at radius 1 is 1.29 bits per heavy atom. The molecule has 2 aromatic rings. The predicted molar refractivity (Wildman–Crippen MR) is 53.5 cm³/mol. The molecule has 2 heterocycles. The summed E-state index contributed by atoms with van der Waals surface area (Å²) in [6, 6.07) is 3.31. The predicted octanol–water partition coefficient (Wildman–Crippen LogP) is 2.46. The molecule has 0 N–H and O–H groups in total. The Bertz CT molecular complexity index is 514. The normalized spacial score (nSPS) is 10.7. The Kier molecular flexibility index (Phi) is 1.77. The van der Waals surface area contributed by atoms with Gasteiger partial charge in [-0.15, -0.1) is 0 Å². The molecule has 0 aromatic carbocycles. The highest BCUT2D eigenvalue weighted by atomic mass is 16.6. The van der Waals surface area contributed by atoms with Crippen molar-refractivity contribution < 1.29 is 4.92 Å². The number of rotatable bonds is 1. The average Bonchev–Trinajstić information content (AvgIpc) is 2.42. The minimum atomic E-state index is -0.385. The monoisotopic (exact) mass is 190 g/mol. The van der Waals surface area contributed by atoms with E-state index in [-0.39, 0.29) is 10.6 Å². The van der Waals surface area contributed by atoms with E-state index in [0.29, 0.717) is 0 Å². The molecular weight excluding hydrogens is 180 g/mol. The van der Waals surface area contributed by atoms with Crippen LogP contribution in [0, 0.1) is 24.0 Å². The smallest absolute Gasteiger partial charge is 0.285 e. The van der Waals surface area contributed by atoms with Crippen LogP contribution < -0.4 is 0 Å². The zero-order valence-electron chi connectivity index (χ0n) is 8.02. The second kappa shape index (κ2) is 2.83. The number of aromatic nitrogens is 1. The minimum absolute atomic E-state index is 0.118. The first-order chi connectivity index (χ1) is 6.59. The molecule has 0 fully saturated rings. The van der Waals surface area contributed by atoms with Gasteiger partial charge in [0.15, 0.2) is 0 Å². The molecule has 4 heteroatoms. The molecule has 0 aliphatic rings. The summed E-state index contributed by atoms with van der Waals surface area (Å²) >= 11 is 0. The van der Waals surface area contributed by atoms with Gasteiger partial charge >= 0.3 is 0 Å². The van der Waals surface area contributed by atoms with E-state index < -0.39 is 0 Å². The van der Waals surface area contributed by atoms with Crippen molar-refractivity contribution in [3.63, 3.8) is 0 Å². The summed E-state index contributed by atoms with van der Waals surface area (Å²) in [5.74, 6) is 0. The third-order valence-electron chi connectivity index (χ3n) is 2.48. The standard InChI is InChI=1S/C10H10N2O2/c1-7-5-11-6-9(12(13)14)3-4-10(11)8(7)2/h3-6H,1-2H3. The summed E-state index contributed by atoms with van der Waals surface area (Å²) in [7, 11) is 0. The van der Waals surface area contributed by atoms with Crippen molar-refractivity contribution in [2.75, 3.05) is 0 Å². The zero-order chi connectivity index (χ0) is 10.3. The molecule has 0 aliphatic carbocycles. The van der Waals surface area contributed by atoms with Gasteiger partial charge in [-0.1, -0.05) is 0 Å². The lowest BCUT2D eigenvalue weighted by atomic mass is 10.2. The minimum Gasteiger partial charge on any atom is -0.317 e. The first-order valence-electron chi connectivity index (χ1n) is 4.32. The molecule has 0 saturated heterocycles. The lowest BCUT2D eigenvalue weighted by Crippen LogP contribution is -1.90. The van der Waals surface area contributed by atoms with E-state index in [1.54, 1.807) is 10.5 Å². The highest BCUT2D eigenvalue weighted by Gasteiger charge is 2.08. The number of fused-ring (bicyclic) bond motifs is 1. The Balaban J connectivity index is 2.73. The van der Waals surface area contributed by atoms with Crippen LogP contribution >= 0.6 is 0 Å². The highest BCUT2D eigenvalue weighted by molar-refractivity contribution is 5.60. The fourth-order valence-corrected chi connectivity index (χ4v) is 1.55. The third kappa shape index (κ3) is 1.16. The molecular formula is C10H10N2O2. The molecule has 4 nitrogen and oxygen atoms in total. The zero-order valence-corrected chi connectivity index (χ0v) is 8.02. The number of nitrogens with zero attached hydrogens (tertiary/aromatic N) is 2. The van der Waals surface area contributed by atoms with Crippen molar-refractivity contribution in [1.82, 2.24) is 4.40 Å². The topological polar surface area (TPSA) is 47.5 Å². The lowest BCUT2D eigenvalue weighted by Gasteiger charge is -1.95. The maximum absolute atomic E-state index is 10.5. The molecule has 0 atom stereocenters. The van der Waals surface area contributed by atoms with Gasteiger partial charge in [0.1, 0.15) is 0 Å². The maximum atomic E-state index is 10.5. The SMILES string of the molecule is Cc1cn2cc([N+](=O)[O-])ccc2c1C. The van der Waals surface area contributed by atoms with Gasteiger partial charge in [-0.05, 0) is 31.0 Å². The summed E-state index contributed by atoms with van der Waals surface area (Å²) in [5, 5.41) is 10.5. The largest absolute Gasteiger partial charge is 0.317 e. The van der Waals surface area contributed by atoms with Gasteiger partial charge in [0.2, 0.25) is 0 Å². The molecule has 72 valence electrons. The summed E-state index contributed by atoms with van der Waals surface area (Å²) < 4.78 is 1.79. The summed E-state index contributed by atoms with van der Waals surface area (Å²) in [6.45, 7) is 4.00. The van der Waals surface area contributed by atoms with Crippen molar-refractivity contribution in [1.29, 1.82) is 0 Å². The molecule has 0 bridgehead atoms. The molecule has 0 saturated carbocycles. The van der Waals surface area contributed by atoms with Gasteiger partial charge in [0.05, 0.1) is 11.1 Å². The van der Waals surface area contributed by atoms with Gasteiger partial charge in [-0.3, -0.25) is 10.1 Å². The molecule has 0 amide bonds. The van der Waals surface area contributed by atoms with Crippen LogP contribution in [-0.4, -0.2) is 9.32 Å². The van der Waals surface area contributed by atoms with Crippen LogP contribution in [0.1, 0.15) is 11.1 Å². The van der Waals surface area contributed by atoms with Gasteiger partial charge in [0, 0.05) is 17.8 Å². The average molecular weight is 190 g/mol. The van der Waals surface area contributed by atoms with E-state index >= 15 is 0 Å². The fourth-order valence-electron chi connectivity index (χ4n) is 1.55. The van der Waals surface area contributed by atoms with E-state index in [2.05, 4.69) is 0 Å². The van der Waals surface area contributed by atoms with Crippen LogP contribution in [0.2, 0.25) is 0 Å². The van der Waals surface area contributed by atoms with Crippen LogP contribution in [0.5, 0.6) is 0 Å². The third-order valence-corrected chi connectivity index (χ3v) is 2.48. The van der Waals surface area contributed by atoms with Crippen LogP contribution in [0.25, 0.3) is 5.52 Å². The van der Waals surface area contributed by atoms with Crippen molar-refractivity contribution >= 4 is 11.2 Å². The Morgan fingerprint density at radius 3 is 2.64 bits per heavy atom. The Morgan fingerprint density at radius 2 is 2.00 bits per heavy atom. The molecule has 0 unspecified atom stereocenters. The van der Waals surface area contributed by atoms with Crippen molar-refractivity contribution in [3.05, 3.63) is 45.8 Å². The highest BCUT2D eigenvalue weighted by Crippen LogP contribution is 2.20. The van der Waals surface area contributed by atoms with Crippen LogP contribution in [-0.2, 0) is 0 Å². The van der Waals surface area contributed by atoms with Gasteiger partial charge in [0.25, 0.3) is 5.69 Å². The van der Waals surface area contributed by atoms with E-state index in [1.807, 2.05) is 20.0 Å². The second-order valence-corrected chi connectivity index (χ2v) is 3.37. The van der Waals surface area contributed by atoms with E-state index in [0.717, 1.165) is 11.1 Å². The molecule has 2 rings (SSSR count). The van der Waals surface area contributed by atoms with Crippen LogP contribution in [0.4, 0.5) is 5.69 Å². The van der Waals surface area contributed by atoms with Crippen molar-refractivity contribution in [3.8, 4) is 0 Å². The molecule has 0 radical (unpaired) electrons. The molecule has 14 heavy (non-hydrogen) atoms. The van der Waals surface area contributed by atoms with E-state index in [4.69, 9.17) is 0 Å². The van der Waals surface area contributed by atoms with Gasteiger partial charge < -0.3 is 4.40 Å². The Hall–Kier alpha value is -1.84. The second-order valence-electron chi connectivity index (χ2n) is 3.37. The van der Waals surface area contributed by atoms with E-state index in [1.165, 1.54) is 17.8 Å². The maximum Gasteiger partial charge on any atom is 0.285 e. The number of hydrogen-bond acceptors (Lipinski definition) is 2. The Labute approximate surface area is 80.9 Å². The number of nitro groups is 1. The quantitative estimate of drug-likeness (QED) is 0.512. The van der Waals surface area contributed by atoms with Crippen LogP contribution in [0.15, 0.2) is 24.5 Å². The van der Waals surface area contributed by atoms with Crippen molar-refractivity contribution in [2.45, 2.75) is 13.8 Å². The fraction of sp³-hybridized carbons (Fsp3) is 0.200. The molecule has 0 aliphatic heterocycles. The summed E-state index contributed by atoms with van der Waals surface area (Å²) in [4.78, 5) is 10.1. The van der Waals surface area contributed by atoms with E-state index in [9.17, 15) is 10.1 Å². The lowest BCUT2D eigenvalue weighted by molar-refractivity contribution is -0.385. The number of hydrogen-bond donors (Lipinski definition) is 0. The first kappa shape index (κ1) is 8.74. The molecule has 0 spiro atoms. The first-order valence-corrected chi connectivity index (χ1v) is 4.32.